The van der Waals surface area contributed by atoms with Gasteiger partial charge in [-0.1, -0.05) is 19.9 Å². The number of anilines is 2. The molecule has 1 amide bonds. The number of nitrogens with one attached hydrogen (secondary N) is 1. The lowest BCUT2D eigenvalue weighted by Crippen LogP contribution is -2.44. The van der Waals surface area contributed by atoms with Gasteiger partial charge in [0.05, 0.1) is 17.9 Å². The largest absolute Gasteiger partial charge is 0.493 e. The quantitative estimate of drug-likeness (QED) is 0.406. The highest BCUT2D eigenvalue weighted by molar-refractivity contribution is 7.90. The zero-order valence-electron chi connectivity index (χ0n) is 22.7. The molecule has 0 spiro atoms. The van der Waals surface area contributed by atoms with Crippen LogP contribution in [0.5, 0.6) is 5.75 Å². The summed E-state index contributed by atoms with van der Waals surface area (Å²) in [5.74, 6) is -0.382. The van der Waals surface area contributed by atoms with E-state index in [1.165, 1.54) is 36.4 Å². The predicted octanol–water partition coefficient (Wildman–Crippen LogP) is 4.79. The molecule has 3 heterocycles. The van der Waals surface area contributed by atoms with Gasteiger partial charge < -0.3 is 15.4 Å². The lowest BCUT2D eigenvalue weighted by atomic mass is 10.0. The van der Waals surface area contributed by atoms with Crippen molar-refractivity contribution < 1.29 is 22.3 Å². The third-order valence-electron chi connectivity index (χ3n) is 6.61. The molecule has 4 rings (SSSR count). The minimum Gasteiger partial charge on any atom is -0.493 e. The topological polar surface area (TPSA) is 128 Å². The van der Waals surface area contributed by atoms with E-state index in [-0.39, 0.29) is 33.9 Å². The van der Waals surface area contributed by atoms with Crippen LogP contribution in [0.3, 0.4) is 0 Å². The lowest BCUT2D eigenvalue weighted by molar-refractivity contribution is 0.0981. The summed E-state index contributed by atoms with van der Waals surface area (Å²) < 4.78 is 48.2. The van der Waals surface area contributed by atoms with Crippen LogP contribution in [0, 0.1) is 11.7 Å². The van der Waals surface area contributed by atoms with Gasteiger partial charge in [-0.25, -0.2) is 19.1 Å². The van der Waals surface area contributed by atoms with Crippen molar-refractivity contribution in [2.24, 2.45) is 5.92 Å². The third kappa shape index (κ3) is 6.30. The number of pyridine rings is 2. The van der Waals surface area contributed by atoms with Crippen molar-refractivity contribution in [1.29, 1.82) is 0 Å². The Kier molecular flexibility index (Phi) is 7.83. The molecule has 0 radical (unpaired) electrons. The average molecular weight is 556 g/mol. The van der Waals surface area contributed by atoms with E-state index < -0.39 is 21.7 Å². The summed E-state index contributed by atoms with van der Waals surface area (Å²) in [5, 5.41) is -0.370. The van der Waals surface area contributed by atoms with Crippen molar-refractivity contribution in [2.45, 2.75) is 64.1 Å². The first-order chi connectivity index (χ1) is 18.3. The van der Waals surface area contributed by atoms with Crippen LogP contribution in [0.4, 0.5) is 16.0 Å². The molecule has 11 heteroatoms. The highest BCUT2D eigenvalue weighted by Crippen LogP contribution is 2.39. The van der Waals surface area contributed by atoms with Crippen LogP contribution in [0.2, 0.25) is 0 Å². The molecule has 0 bridgehead atoms. The molecule has 39 heavy (non-hydrogen) atoms. The molecule has 9 nitrogen and oxygen atoms in total. The van der Waals surface area contributed by atoms with Crippen LogP contribution in [0.15, 0.2) is 53.6 Å². The number of amides is 1. The Labute approximate surface area is 228 Å². The summed E-state index contributed by atoms with van der Waals surface area (Å²) in [7, 11) is -4.30. The standard InChI is InChI=1S/C28H34FN5O4S/c1-17(2)16-38-21-14-19(13-20(29)15-21)23-10-9-22(26(31-23)34-18(3)11-12-28(34,4)5)27(35)33-39(36,37)25-8-6-7-24(30)32-25/h6-10,13-15,17-18H,11-12,16H2,1-5H3,(H2,30,32)(H,33,35)/t18-/m0/s1. The molecule has 0 aliphatic carbocycles. The van der Waals surface area contributed by atoms with Crippen molar-refractivity contribution in [3.63, 3.8) is 0 Å². The number of hydrogen-bond donors (Lipinski definition) is 2. The van der Waals surface area contributed by atoms with Gasteiger partial charge in [-0.05, 0) is 75.9 Å². The van der Waals surface area contributed by atoms with Crippen LogP contribution in [-0.2, 0) is 10.0 Å². The first-order valence-corrected chi connectivity index (χ1v) is 14.3. The van der Waals surface area contributed by atoms with Crippen LogP contribution < -0.4 is 20.1 Å². The summed E-state index contributed by atoms with van der Waals surface area (Å²) >= 11 is 0. The number of halogens is 1. The fourth-order valence-corrected chi connectivity index (χ4v) is 5.68. The Morgan fingerprint density at radius 3 is 2.59 bits per heavy atom. The summed E-state index contributed by atoms with van der Waals surface area (Å²) in [6, 6.07) is 11.6. The van der Waals surface area contributed by atoms with Crippen molar-refractivity contribution in [2.75, 3.05) is 17.2 Å². The van der Waals surface area contributed by atoms with E-state index in [9.17, 15) is 17.6 Å². The summed E-state index contributed by atoms with van der Waals surface area (Å²) in [6.07, 6.45) is 1.71. The normalized spacial score (nSPS) is 16.9. The van der Waals surface area contributed by atoms with Crippen LogP contribution >= 0.6 is 0 Å². The number of ether oxygens (including phenoxy) is 1. The Morgan fingerprint density at radius 1 is 1.21 bits per heavy atom. The van der Waals surface area contributed by atoms with E-state index in [1.54, 1.807) is 12.1 Å². The van der Waals surface area contributed by atoms with E-state index in [1.807, 2.05) is 39.5 Å². The average Bonchev–Trinajstić information content (AvgIpc) is 3.13. The van der Waals surface area contributed by atoms with Crippen molar-refractivity contribution in [1.82, 2.24) is 14.7 Å². The maximum Gasteiger partial charge on any atom is 0.281 e. The van der Waals surface area contributed by atoms with E-state index in [0.717, 1.165) is 12.8 Å². The van der Waals surface area contributed by atoms with Crippen LogP contribution in [0.25, 0.3) is 11.3 Å². The lowest BCUT2D eigenvalue weighted by Gasteiger charge is -2.37. The maximum absolute atomic E-state index is 14.5. The van der Waals surface area contributed by atoms with Crippen LogP contribution in [0.1, 0.15) is 57.8 Å². The van der Waals surface area contributed by atoms with E-state index in [2.05, 4.69) is 9.71 Å². The number of nitrogens with two attached hydrogens (primary N) is 1. The molecule has 1 fully saturated rings. The molecule has 1 aromatic carbocycles. The molecule has 3 aromatic rings. The monoisotopic (exact) mass is 555 g/mol. The highest BCUT2D eigenvalue weighted by Gasteiger charge is 2.40. The molecule has 0 unspecified atom stereocenters. The van der Waals surface area contributed by atoms with Gasteiger partial charge >= 0.3 is 0 Å². The minimum atomic E-state index is -4.30. The SMILES string of the molecule is CC(C)COc1cc(F)cc(-c2ccc(C(=O)NS(=O)(=O)c3cccc(N)n3)c(N3[C@@H](C)CCC3(C)C)n2)c1. The zero-order valence-corrected chi connectivity index (χ0v) is 23.5. The Balaban J connectivity index is 1.78. The number of nitrogens with zero attached hydrogens (tertiary/aromatic N) is 3. The second-order valence-corrected chi connectivity index (χ2v) is 12.5. The molecule has 0 saturated carbocycles. The fraction of sp³-hybridized carbons (Fsp3) is 0.393. The van der Waals surface area contributed by atoms with Gasteiger partial charge in [0.1, 0.15) is 23.2 Å². The minimum absolute atomic E-state index is 0.0107. The number of nitrogen functional groups attached to an aromatic ring is 1. The molecule has 208 valence electrons. The van der Waals surface area contributed by atoms with Crippen molar-refractivity contribution >= 4 is 27.6 Å². The fourth-order valence-electron chi connectivity index (χ4n) is 4.74. The molecular formula is C28H34FN5O4S. The maximum atomic E-state index is 14.5. The number of hydrogen-bond acceptors (Lipinski definition) is 8. The van der Waals surface area contributed by atoms with Gasteiger partial charge in [0.25, 0.3) is 15.9 Å². The second kappa shape index (κ2) is 10.8. The van der Waals surface area contributed by atoms with Crippen LogP contribution in [-0.4, -0.2) is 42.5 Å². The number of rotatable bonds is 8. The molecular weight excluding hydrogens is 521 g/mol. The molecule has 2 aromatic heterocycles. The smallest absolute Gasteiger partial charge is 0.281 e. The van der Waals surface area contributed by atoms with E-state index >= 15 is 0 Å². The summed E-state index contributed by atoms with van der Waals surface area (Å²) in [4.78, 5) is 24.1. The number of carbonyl (C=O) groups is 1. The third-order valence-corrected chi connectivity index (χ3v) is 7.84. The van der Waals surface area contributed by atoms with Gasteiger partial charge in [0, 0.05) is 23.2 Å². The Bertz CT molecular complexity index is 1490. The van der Waals surface area contributed by atoms with Gasteiger partial charge in [-0.3, -0.25) is 4.79 Å². The Hall–Kier alpha value is -3.73. The molecule has 1 aliphatic rings. The predicted molar refractivity (Wildman–Crippen MR) is 149 cm³/mol. The van der Waals surface area contributed by atoms with Gasteiger partial charge in [-0.15, -0.1) is 0 Å². The molecule has 3 N–H and O–H groups in total. The number of benzene rings is 1. The van der Waals surface area contributed by atoms with Gasteiger partial charge in [0.15, 0.2) is 5.03 Å². The van der Waals surface area contributed by atoms with E-state index in [4.69, 9.17) is 15.5 Å². The number of carbonyl (C=O) groups excluding carboxylic acids is 1. The highest BCUT2D eigenvalue weighted by atomic mass is 32.2. The van der Waals surface area contributed by atoms with Gasteiger partial charge in [0.2, 0.25) is 0 Å². The van der Waals surface area contributed by atoms with Crippen molar-refractivity contribution in [3.8, 4) is 17.0 Å². The second-order valence-electron chi connectivity index (χ2n) is 10.9. The zero-order chi connectivity index (χ0) is 28.5. The summed E-state index contributed by atoms with van der Waals surface area (Å²) in [5.41, 5.74) is 6.24. The summed E-state index contributed by atoms with van der Waals surface area (Å²) in [6.45, 7) is 10.5. The Morgan fingerprint density at radius 2 is 1.95 bits per heavy atom. The van der Waals surface area contributed by atoms with E-state index in [0.29, 0.717) is 29.4 Å². The molecule has 1 aliphatic heterocycles. The van der Waals surface area contributed by atoms with Crippen molar-refractivity contribution in [3.05, 3.63) is 59.9 Å². The first kappa shape index (κ1) is 28.3. The van der Waals surface area contributed by atoms with Gasteiger partial charge in [-0.2, -0.15) is 8.42 Å². The molecule has 1 saturated heterocycles. The number of aromatic nitrogens is 2. The number of sulfonamides is 1. The first-order valence-electron chi connectivity index (χ1n) is 12.8. The molecule has 1 atom stereocenters.